The molecule has 0 radical (unpaired) electrons. The van der Waals surface area contributed by atoms with E-state index in [1.165, 1.54) is 18.9 Å². The standard InChI is InChI=1S/C35H39ClFN3O5/c1-21-31(34-18-35(19-34,20-34)32(41)42-3)40(16-24-11-14-43-24)29(38-21)17-39-12-9-22(10-13-39)25-5-4-6-28-30(25)45-33(2,44-28)26-8-7-23(36)15-27(26)37/h4-8,15,22,24H,9-14,16-20H2,1-3H3. The summed E-state index contributed by atoms with van der Waals surface area (Å²) in [6, 6.07) is 10.6. The molecule has 9 rings (SSSR count). The van der Waals surface area contributed by atoms with Crippen LogP contribution in [0.4, 0.5) is 4.39 Å². The van der Waals surface area contributed by atoms with E-state index < -0.39 is 11.6 Å². The number of aryl methyl sites for hydroxylation is 1. The average molecular weight is 636 g/mol. The fourth-order valence-electron chi connectivity index (χ4n) is 8.76. The number of piperidine rings is 1. The molecule has 0 amide bonds. The van der Waals surface area contributed by atoms with E-state index >= 15 is 0 Å². The van der Waals surface area contributed by atoms with Crippen molar-refractivity contribution in [1.82, 2.24) is 14.5 Å². The number of carbonyl (C=O) groups excluding carboxylic acids is 1. The minimum atomic E-state index is -1.26. The van der Waals surface area contributed by atoms with E-state index in [-0.39, 0.29) is 22.9 Å². The molecule has 0 N–H and O–H groups in total. The number of para-hydroxylation sites is 1. The number of methoxy groups -OCH3 is 1. The van der Waals surface area contributed by atoms with Crippen LogP contribution >= 0.6 is 11.6 Å². The zero-order valence-electron chi connectivity index (χ0n) is 26.0. The molecule has 1 aromatic heterocycles. The van der Waals surface area contributed by atoms with Gasteiger partial charge < -0.3 is 23.5 Å². The summed E-state index contributed by atoms with van der Waals surface area (Å²) >= 11 is 6.00. The van der Waals surface area contributed by atoms with Gasteiger partial charge in [-0.1, -0.05) is 23.7 Å². The van der Waals surface area contributed by atoms with E-state index in [2.05, 4.69) is 22.5 Å². The second kappa shape index (κ2) is 10.4. The zero-order chi connectivity index (χ0) is 31.1. The number of aromatic nitrogens is 2. The highest BCUT2D eigenvalue weighted by molar-refractivity contribution is 6.30. The normalized spacial score (nSPS) is 30.4. The Morgan fingerprint density at radius 2 is 1.89 bits per heavy atom. The van der Waals surface area contributed by atoms with Crippen molar-refractivity contribution in [2.45, 2.75) is 88.7 Å². The van der Waals surface area contributed by atoms with Gasteiger partial charge in [-0.2, -0.15) is 0 Å². The second-order valence-corrected chi connectivity index (χ2v) is 14.4. The molecule has 10 heteroatoms. The van der Waals surface area contributed by atoms with Gasteiger partial charge in [0.2, 0.25) is 0 Å². The fourth-order valence-corrected chi connectivity index (χ4v) is 8.92. The Balaban J connectivity index is 0.974. The van der Waals surface area contributed by atoms with Crippen LogP contribution < -0.4 is 9.47 Å². The minimum absolute atomic E-state index is 0.0272. The lowest BCUT2D eigenvalue weighted by molar-refractivity contribution is -0.199. The predicted molar refractivity (Wildman–Crippen MR) is 165 cm³/mol. The van der Waals surface area contributed by atoms with E-state index in [1.807, 2.05) is 12.1 Å². The lowest BCUT2D eigenvalue weighted by Crippen LogP contribution is -2.69. The van der Waals surface area contributed by atoms with Crippen LogP contribution in [0.15, 0.2) is 36.4 Å². The van der Waals surface area contributed by atoms with E-state index in [1.54, 1.807) is 19.1 Å². The third-order valence-electron chi connectivity index (χ3n) is 11.0. The summed E-state index contributed by atoms with van der Waals surface area (Å²) in [4.78, 5) is 20.0. The van der Waals surface area contributed by atoms with E-state index in [4.69, 9.17) is 35.5 Å². The van der Waals surface area contributed by atoms with Crippen molar-refractivity contribution in [1.29, 1.82) is 0 Å². The van der Waals surface area contributed by atoms with Crippen LogP contribution in [0.25, 0.3) is 0 Å². The van der Waals surface area contributed by atoms with Crippen LogP contribution in [0, 0.1) is 18.2 Å². The number of likely N-dealkylation sites (tertiary alicyclic amines) is 1. The molecule has 45 heavy (non-hydrogen) atoms. The summed E-state index contributed by atoms with van der Waals surface area (Å²) in [5.74, 6) is 0.942. The van der Waals surface area contributed by atoms with Crippen LogP contribution in [-0.2, 0) is 38.6 Å². The van der Waals surface area contributed by atoms with Gasteiger partial charge in [-0.25, -0.2) is 9.37 Å². The average Bonchev–Trinajstić information content (AvgIpc) is 3.45. The Morgan fingerprint density at radius 1 is 1.13 bits per heavy atom. The number of hydrogen-bond donors (Lipinski definition) is 0. The van der Waals surface area contributed by atoms with Crippen molar-refractivity contribution < 1.29 is 28.1 Å². The maximum Gasteiger partial charge on any atom is 0.311 e. The van der Waals surface area contributed by atoms with E-state index in [9.17, 15) is 9.18 Å². The second-order valence-electron chi connectivity index (χ2n) is 13.9. The number of benzene rings is 2. The maximum atomic E-state index is 14.9. The lowest BCUT2D eigenvalue weighted by Gasteiger charge is -2.68. The zero-order valence-corrected chi connectivity index (χ0v) is 26.8. The number of halogens is 2. The molecule has 238 valence electrons. The van der Waals surface area contributed by atoms with Crippen LogP contribution in [0.2, 0.25) is 5.02 Å². The summed E-state index contributed by atoms with van der Waals surface area (Å²) in [5.41, 5.74) is 3.54. The Bertz CT molecular complexity index is 1660. The van der Waals surface area contributed by atoms with Gasteiger partial charge in [-0.05, 0) is 88.7 Å². The van der Waals surface area contributed by atoms with Crippen LogP contribution in [0.5, 0.6) is 11.5 Å². The first-order valence-electron chi connectivity index (χ1n) is 16.1. The third kappa shape index (κ3) is 4.60. The van der Waals surface area contributed by atoms with Crippen LogP contribution in [0.3, 0.4) is 0 Å². The maximum absolute atomic E-state index is 14.9. The molecule has 2 unspecified atom stereocenters. The third-order valence-corrected chi connectivity index (χ3v) is 11.2. The monoisotopic (exact) mass is 635 g/mol. The molecular formula is C35H39ClFN3O5. The largest absolute Gasteiger partial charge is 0.469 e. The molecule has 2 aromatic carbocycles. The van der Waals surface area contributed by atoms with E-state index in [0.717, 1.165) is 88.4 Å². The molecule has 3 aliphatic heterocycles. The Kier molecular flexibility index (Phi) is 6.79. The highest BCUT2D eigenvalue weighted by Crippen LogP contribution is 2.74. The number of rotatable bonds is 8. The minimum Gasteiger partial charge on any atom is -0.469 e. The summed E-state index contributed by atoms with van der Waals surface area (Å²) in [5, 5.41) is 0.333. The number of nitrogens with zero attached hydrogens (tertiary/aromatic N) is 3. The number of fused-ring (bicyclic) bond motifs is 1. The highest BCUT2D eigenvalue weighted by atomic mass is 35.5. The molecule has 2 bridgehead atoms. The molecule has 2 atom stereocenters. The molecule has 2 saturated heterocycles. The van der Waals surface area contributed by atoms with Gasteiger partial charge in [0.25, 0.3) is 5.79 Å². The summed E-state index contributed by atoms with van der Waals surface area (Å²) in [6.07, 6.45) is 5.78. The van der Waals surface area contributed by atoms with Crippen molar-refractivity contribution in [2.24, 2.45) is 5.41 Å². The predicted octanol–water partition coefficient (Wildman–Crippen LogP) is 6.39. The molecule has 4 heterocycles. The molecule has 3 aliphatic carbocycles. The Morgan fingerprint density at radius 3 is 2.56 bits per heavy atom. The number of esters is 1. The Hall–Kier alpha value is -3.14. The van der Waals surface area contributed by atoms with Crippen molar-refractivity contribution in [3.8, 4) is 11.5 Å². The van der Waals surface area contributed by atoms with Gasteiger partial charge in [0.15, 0.2) is 11.5 Å². The summed E-state index contributed by atoms with van der Waals surface area (Å²) < 4.78 is 40.9. The highest BCUT2D eigenvalue weighted by Gasteiger charge is 2.74. The SMILES string of the molecule is COC(=O)C12CC(c3c(C)nc(CN4CCC(c5cccc6c5OC(C)(c5ccc(Cl)cc5F)O6)CC4)n3CC3CCO3)(C1)C2. The Labute approximate surface area is 267 Å². The van der Waals surface area contributed by atoms with Gasteiger partial charge in [-0.15, -0.1) is 0 Å². The first-order chi connectivity index (χ1) is 21.6. The smallest absolute Gasteiger partial charge is 0.311 e. The van der Waals surface area contributed by atoms with Crippen LogP contribution in [0.1, 0.15) is 79.7 Å². The molecule has 8 nitrogen and oxygen atoms in total. The fraction of sp³-hybridized carbons (Fsp3) is 0.543. The topological polar surface area (TPSA) is 75.0 Å². The quantitative estimate of drug-likeness (QED) is 0.266. The number of ether oxygens (including phenoxy) is 4. The summed E-state index contributed by atoms with van der Waals surface area (Å²) in [6.45, 7) is 8.14. The van der Waals surface area contributed by atoms with Crippen molar-refractivity contribution >= 4 is 17.6 Å². The van der Waals surface area contributed by atoms with Gasteiger partial charge in [0.05, 0.1) is 43.0 Å². The first-order valence-corrected chi connectivity index (χ1v) is 16.5. The number of carbonyl (C=O) groups is 1. The first kappa shape index (κ1) is 29.3. The number of imidazole rings is 1. The van der Waals surface area contributed by atoms with Gasteiger partial charge >= 0.3 is 5.97 Å². The van der Waals surface area contributed by atoms with E-state index in [0.29, 0.717) is 28.0 Å². The molecule has 3 aromatic rings. The number of hydrogen-bond acceptors (Lipinski definition) is 7. The summed E-state index contributed by atoms with van der Waals surface area (Å²) in [7, 11) is 1.49. The molecule has 3 saturated carbocycles. The molecule has 5 fully saturated rings. The van der Waals surface area contributed by atoms with Crippen molar-refractivity contribution in [2.75, 3.05) is 26.8 Å². The molecule has 6 aliphatic rings. The van der Waals surface area contributed by atoms with Crippen LogP contribution in [-0.4, -0.2) is 53.3 Å². The molecule has 0 spiro atoms. The van der Waals surface area contributed by atoms with Crippen molar-refractivity contribution in [3.63, 3.8) is 0 Å². The van der Waals surface area contributed by atoms with Gasteiger partial charge in [0.1, 0.15) is 11.6 Å². The van der Waals surface area contributed by atoms with Crippen molar-refractivity contribution in [3.05, 3.63) is 75.6 Å². The lowest BCUT2D eigenvalue weighted by atomic mass is 9.34. The van der Waals surface area contributed by atoms with Gasteiger partial charge in [-0.3, -0.25) is 9.69 Å². The van der Waals surface area contributed by atoms with Gasteiger partial charge in [0, 0.05) is 35.2 Å². The molecular weight excluding hydrogens is 597 g/mol.